The summed E-state index contributed by atoms with van der Waals surface area (Å²) in [4.78, 5) is 0. The van der Waals surface area contributed by atoms with Gasteiger partial charge in [-0.2, -0.15) is 0 Å². The molecule has 0 radical (unpaired) electrons. The van der Waals surface area contributed by atoms with Crippen molar-refractivity contribution < 1.29 is 4.74 Å². The molecule has 0 spiro atoms. The normalized spacial score (nSPS) is 46.0. The second-order valence-electron chi connectivity index (χ2n) is 5.22. The zero-order valence-corrected chi connectivity index (χ0v) is 8.52. The zero-order chi connectivity index (χ0) is 8.82. The van der Waals surface area contributed by atoms with Gasteiger partial charge < -0.3 is 4.74 Å². The topological polar surface area (TPSA) is 9.23 Å². The maximum atomic E-state index is 5.69. The van der Waals surface area contributed by atoms with E-state index < -0.39 is 0 Å². The van der Waals surface area contributed by atoms with E-state index in [0.717, 1.165) is 19.1 Å². The Balaban J connectivity index is 2.08. The van der Waals surface area contributed by atoms with Gasteiger partial charge in [0.15, 0.2) is 0 Å². The van der Waals surface area contributed by atoms with Crippen LogP contribution in [-0.4, -0.2) is 13.2 Å². The van der Waals surface area contributed by atoms with Gasteiger partial charge in [0.2, 0.25) is 0 Å². The Morgan fingerprint density at radius 3 is 2.42 bits per heavy atom. The van der Waals surface area contributed by atoms with Gasteiger partial charge in [-0.15, -0.1) is 0 Å². The van der Waals surface area contributed by atoms with Crippen molar-refractivity contribution in [1.82, 2.24) is 0 Å². The van der Waals surface area contributed by atoms with Crippen LogP contribution < -0.4 is 0 Å². The van der Waals surface area contributed by atoms with Crippen molar-refractivity contribution in [2.45, 2.75) is 40.0 Å². The number of fused-ring (bicyclic) bond motifs is 2. The van der Waals surface area contributed by atoms with Crippen molar-refractivity contribution in [3.05, 3.63) is 0 Å². The third-order valence-corrected chi connectivity index (χ3v) is 4.23. The first kappa shape index (κ1) is 8.55. The molecule has 2 bridgehead atoms. The van der Waals surface area contributed by atoms with E-state index in [2.05, 4.69) is 20.8 Å². The average Bonchev–Trinajstić information content (AvgIpc) is 2.03. The summed E-state index contributed by atoms with van der Waals surface area (Å²) < 4.78 is 5.69. The second-order valence-corrected chi connectivity index (χ2v) is 5.22. The number of ether oxygens (including phenoxy) is 1. The van der Waals surface area contributed by atoms with E-state index in [1.54, 1.807) is 0 Å². The fourth-order valence-corrected chi connectivity index (χ4v) is 3.04. The van der Waals surface area contributed by atoms with E-state index in [9.17, 15) is 0 Å². The lowest BCUT2D eigenvalue weighted by molar-refractivity contribution is -0.213. The minimum absolute atomic E-state index is 0.564. The molecule has 1 nitrogen and oxygen atoms in total. The summed E-state index contributed by atoms with van der Waals surface area (Å²) >= 11 is 0. The molecule has 70 valence electrons. The number of hydrogen-bond acceptors (Lipinski definition) is 1. The smallest absolute Gasteiger partial charge is 0.0525 e. The molecule has 0 N–H and O–H groups in total. The quantitative estimate of drug-likeness (QED) is 0.616. The van der Waals surface area contributed by atoms with Crippen molar-refractivity contribution in [2.24, 2.45) is 16.7 Å². The van der Waals surface area contributed by atoms with Gasteiger partial charge in [0.25, 0.3) is 0 Å². The summed E-state index contributed by atoms with van der Waals surface area (Å²) in [5, 5.41) is 0. The average molecular weight is 168 g/mol. The van der Waals surface area contributed by atoms with E-state index in [-0.39, 0.29) is 0 Å². The Hall–Kier alpha value is -0.0400. The van der Waals surface area contributed by atoms with E-state index >= 15 is 0 Å². The molecule has 1 saturated carbocycles. The zero-order valence-electron chi connectivity index (χ0n) is 8.52. The van der Waals surface area contributed by atoms with Gasteiger partial charge in [-0.1, -0.05) is 20.8 Å². The highest BCUT2D eigenvalue weighted by Crippen LogP contribution is 2.62. The maximum absolute atomic E-state index is 5.69. The molecule has 3 aliphatic rings. The van der Waals surface area contributed by atoms with Crippen LogP contribution in [0.15, 0.2) is 0 Å². The van der Waals surface area contributed by atoms with E-state index in [4.69, 9.17) is 4.74 Å². The third-order valence-electron chi connectivity index (χ3n) is 4.23. The summed E-state index contributed by atoms with van der Waals surface area (Å²) in [7, 11) is 0. The maximum Gasteiger partial charge on any atom is 0.0525 e. The van der Waals surface area contributed by atoms with Gasteiger partial charge in [-0.25, -0.2) is 0 Å². The van der Waals surface area contributed by atoms with Crippen LogP contribution in [0.3, 0.4) is 0 Å². The van der Waals surface area contributed by atoms with Gasteiger partial charge >= 0.3 is 0 Å². The summed E-state index contributed by atoms with van der Waals surface area (Å²) in [5.74, 6) is 0.803. The molecule has 0 atom stereocenters. The monoisotopic (exact) mass is 168 g/mol. The van der Waals surface area contributed by atoms with Crippen LogP contribution >= 0.6 is 0 Å². The van der Waals surface area contributed by atoms with Crippen LogP contribution in [0.1, 0.15) is 40.0 Å². The summed E-state index contributed by atoms with van der Waals surface area (Å²) in [6.45, 7) is 9.03. The van der Waals surface area contributed by atoms with Gasteiger partial charge in [0, 0.05) is 0 Å². The molecule has 12 heavy (non-hydrogen) atoms. The van der Waals surface area contributed by atoms with E-state index in [1.165, 1.54) is 19.3 Å². The Morgan fingerprint density at radius 2 is 1.92 bits per heavy atom. The molecule has 0 unspecified atom stereocenters. The van der Waals surface area contributed by atoms with Gasteiger partial charge in [-0.3, -0.25) is 0 Å². The van der Waals surface area contributed by atoms with Crippen LogP contribution in [0.5, 0.6) is 0 Å². The van der Waals surface area contributed by atoms with Crippen LogP contribution in [0, 0.1) is 16.7 Å². The predicted octanol–water partition coefficient (Wildman–Crippen LogP) is 2.85. The minimum atomic E-state index is 0.564. The van der Waals surface area contributed by atoms with Gasteiger partial charge in [-0.05, 0) is 36.0 Å². The number of rotatable bonds is 2. The van der Waals surface area contributed by atoms with Crippen LogP contribution in [-0.2, 0) is 4.74 Å². The fourth-order valence-electron chi connectivity index (χ4n) is 3.04. The molecule has 2 saturated heterocycles. The first-order valence-corrected chi connectivity index (χ1v) is 5.20. The molecule has 3 fully saturated rings. The summed E-state index contributed by atoms with van der Waals surface area (Å²) in [5.41, 5.74) is 1.15. The first-order valence-electron chi connectivity index (χ1n) is 5.20. The molecule has 3 rings (SSSR count). The van der Waals surface area contributed by atoms with E-state index in [1.807, 2.05) is 0 Å². The Bertz CT molecular complexity index is 177. The lowest BCUT2D eigenvalue weighted by atomic mass is 9.47. The highest BCUT2D eigenvalue weighted by atomic mass is 16.5. The standard InChI is InChI=1S/C11H20O/c1-4-10-5-11(6-10,9(2)3)8-12-7-10/h9H,4-8H2,1-3H3. The molecule has 0 aromatic heterocycles. The van der Waals surface area contributed by atoms with Gasteiger partial charge in [0.05, 0.1) is 13.2 Å². The Labute approximate surface area is 75.5 Å². The van der Waals surface area contributed by atoms with Crippen LogP contribution in [0.2, 0.25) is 0 Å². The molecular weight excluding hydrogens is 148 g/mol. The molecule has 1 heteroatoms. The van der Waals surface area contributed by atoms with Crippen LogP contribution in [0.4, 0.5) is 0 Å². The number of hydrogen-bond donors (Lipinski definition) is 0. The summed E-state index contributed by atoms with van der Waals surface area (Å²) in [6.07, 6.45) is 4.16. The highest BCUT2D eigenvalue weighted by Gasteiger charge is 2.58. The Kier molecular flexibility index (Phi) is 1.76. The molecule has 0 aromatic carbocycles. The van der Waals surface area contributed by atoms with Crippen molar-refractivity contribution in [3.63, 3.8) is 0 Å². The molecule has 2 heterocycles. The largest absolute Gasteiger partial charge is 0.380 e. The van der Waals surface area contributed by atoms with Crippen LogP contribution in [0.25, 0.3) is 0 Å². The predicted molar refractivity (Wildman–Crippen MR) is 50.0 cm³/mol. The van der Waals surface area contributed by atoms with Crippen molar-refractivity contribution in [3.8, 4) is 0 Å². The lowest BCUT2D eigenvalue weighted by Crippen LogP contribution is -2.58. The first-order chi connectivity index (χ1) is 5.63. The molecular formula is C11H20O. The van der Waals surface area contributed by atoms with Crippen molar-refractivity contribution in [2.75, 3.05) is 13.2 Å². The minimum Gasteiger partial charge on any atom is -0.380 e. The van der Waals surface area contributed by atoms with Gasteiger partial charge in [0.1, 0.15) is 0 Å². The van der Waals surface area contributed by atoms with E-state index in [0.29, 0.717) is 10.8 Å². The van der Waals surface area contributed by atoms with Crippen molar-refractivity contribution in [1.29, 1.82) is 0 Å². The summed E-state index contributed by atoms with van der Waals surface area (Å²) in [6, 6.07) is 0. The highest BCUT2D eigenvalue weighted by molar-refractivity contribution is 5.06. The molecule has 1 aliphatic carbocycles. The molecule has 2 aliphatic heterocycles. The Morgan fingerprint density at radius 1 is 1.25 bits per heavy atom. The molecule has 0 aromatic rings. The van der Waals surface area contributed by atoms with Crippen molar-refractivity contribution >= 4 is 0 Å². The second kappa shape index (κ2) is 2.47. The molecule has 0 amide bonds. The lowest BCUT2D eigenvalue weighted by Gasteiger charge is -2.62. The fraction of sp³-hybridized carbons (Fsp3) is 1.00. The third kappa shape index (κ3) is 0.953. The SMILES string of the molecule is CCC12COCC(C(C)C)(C1)C2.